The second-order valence-electron chi connectivity index (χ2n) is 11.4. The summed E-state index contributed by atoms with van der Waals surface area (Å²) in [6.07, 6.45) is 3.38. The average Bonchev–Trinajstić information content (AvgIpc) is 3.02. The maximum atomic E-state index is 12.7. The monoisotopic (exact) mass is 466 g/mol. The summed E-state index contributed by atoms with van der Waals surface area (Å²) in [5.41, 5.74) is 7.09. The van der Waals surface area contributed by atoms with E-state index in [1.807, 2.05) is 18.7 Å². The van der Waals surface area contributed by atoms with Gasteiger partial charge in [-0.25, -0.2) is 4.79 Å². The Morgan fingerprint density at radius 1 is 1.21 bits per heavy atom. The third-order valence-electron chi connectivity index (χ3n) is 8.58. The molecule has 2 amide bonds. The van der Waals surface area contributed by atoms with Crippen LogP contribution in [0.15, 0.2) is 24.3 Å². The number of carbonyl (C=O) groups excluding carboxylic acids is 1. The molecule has 2 aliphatic rings. The lowest BCUT2D eigenvalue weighted by molar-refractivity contribution is 0.193. The molecule has 2 aromatic rings. The molecule has 1 N–H and O–H groups in total. The van der Waals surface area contributed by atoms with Gasteiger partial charge in [-0.3, -0.25) is 4.90 Å². The molecular weight excluding hydrogens is 424 g/mol. The fraction of sp³-hybridized carbons (Fsp3) is 0.593. The highest BCUT2D eigenvalue weighted by Crippen LogP contribution is 2.46. The minimum Gasteiger partial charge on any atom is -0.371 e. The van der Waals surface area contributed by atoms with Crippen LogP contribution in [0.1, 0.15) is 51.4 Å². The van der Waals surface area contributed by atoms with Gasteiger partial charge in [0.25, 0.3) is 0 Å². The second kappa shape index (κ2) is 8.31. The molecule has 33 heavy (non-hydrogen) atoms. The van der Waals surface area contributed by atoms with Gasteiger partial charge < -0.3 is 14.4 Å². The Kier molecular flexibility index (Phi) is 6.07. The van der Waals surface area contributed by atoms with Crippen molar-refractivity contribution in [3.8, 4) is 0 Å². The van der Waals surface area contributed by atoms with Crippen LogP contribution in [0.4, 0.5) is 4.79 Å². The zero-order valence-electron chi connectivity index (χ0n) is 22.0. The second-order valence-corrected chi connectivity index (χ2v) is 16.5. The topological polar surface area (TPSA) is 40.5 Å². The van der Waals surface area contributed by atoms with Crippen molar-refractivity contribution in [2.75, 3.05) is 26.7 Å². The maximum Gasteiger partial charge on any atom is 0.317 e. The summed E-state index contributed by atoms with van der Waals surface area (Å²) in [7, 11) is 0.426. The molecule has 4 rings (SSSR count). The number of rotatable bonds is 4. The molecule has 0 unspecified atom stereocenters. The number of likely N-dealkylation sites (N-methyl/N-ethyl adjacent to an activating group) is 1. The first kappa shape index (κ1) is 24.1. The molecule has 0 radical (unpaired) electrons. The Labute approximate surface area is 200 Å². The van der Waals surface area contributed by atoms with Crippen molar-refractivity contribution in [1.29, 1.82) is 0 Å². The first-order chi connectivity index (χ1) is 15.4. The Hall–Kier alpha value is -2.05. The Morgan fingerprint density at radius 3 is 2.48 bits per heavy atom. The number of hydrogen-bond acceptors (Lipinski definition) is 2. The summed E-state index contributed by atoms with van der Waals surface area (Å²) >= 11 is 0. The van der Waals surface area contributed by atoms with Crippen LogP contribution >= 0.6 is 0 Å². The Morgan fingerprint density at radius 2 is 1.88 bits per heavy atom. The van der Waals surface area contributed by atoms with Gasteiger partial charge in [-0.1, -0.05) is 52.1 Å². The normalized spacial score (nSPS) is 21.1. The third-order valence-corrected chi connectivity index (χ3v) is 13.9. The molecular formula is C27H42N4OSi. The number of amides is 2. The van der Waals surface area contributed by atoms with Crippen molar-refractivity contribution in [3.05, 3.63) is 41.1 Å². The minimum atomic E-state index is -1.78. The Balaban J connectivity index is 1.83. The molecule has 1 aliphatic heterocycles. The molecule has 0 bridgehead atoms. The van der Waals surface area contributed by atoms with Crippen LogP contribution in [0, 0.1) is 6.92 Å². The predicted molar refractivity (Wildman–Crippen MR) is 143 cm³/mol. The highest BCUT2D eigenvalue weighted by atomic mass is 28.3. The molecule has 0 saturated carbocycles. The van der Waals surface area contributed by atoms with Gasteiger partial charge >= 0.3 is 6.03 Å². The van der Waals surface area contributed by atoms with Gasteiger partial charge in [-0.05, 0) is 62.0 Å². The first-order valence-corrected chi connectivity index (χ1v) is 15.5. The van der Waals surface area contributed by atoms with Gasteiger partial charge in [0.15, 0.2) is 8.24 Å². The van der Waals surface area contributed by atoms with Gasteiger partial charge in [0.2, 0.25) is 0 Å². The molecule has 1 aromatic carbocycles. The molecule has 1 aliphatic carbocycles. The Bertz CT molecular complexity index is 1100. The molecule has 0 saturated heterocycles. The molecule has 5 nitrogen and oxygen atoms in total. The van der Waals surface area contributed by atoms with Crippen molar-refractivity contribution >= 4 is 30.7 Å². The van der Waals surface area contributed by atoms with E-state index < -0.39 is 8.24 Å². The van der Waals surface area contributed by atoms with Gasteiger partial charge in [0.05, 0.1) is 6.04 Å². The maximum absolute atomic E-state index is 12.7. The van der Waals surface area contributed by atoms with Gasteiger partial charge in [-0.15, -0.1) is 0 Å². The lowest BCUT2D eigenvalue weighted by Gasteiger charge is -2.40. The van der Waals surface area contributed by atoms with Crippen molar-refractivity contribution in [2.45, 2.75) is 78.2 Å². The van der Waals surface area contributed by atoms with Crippen molar-refractivity contribution in [1.82, 2.24) is 19.3 Å². The largest absolute Gasteiger partial charge is 0.371 e. The lowest BCUT2D eigenvalue weighted by Crippen LogP contribution is -2.52. The quantitative estimate of drug-likeness (QED) is 0.607. The van der Waals surface area contributed by atoms with Crippen LogP contribution in [0.2, 0.25) is 18.1 Å². The molecule has 0 fully saturated rings. The van der Waals surface area contributed by atoms with Gasteiger partial charge in [-0.2, -0.15) is 0 Å². The summed E-state index contributed by atoms with van der Waals surface area (Å²) in [6, 6.07) is 7.26. The SMILES string of the molecule is CCN(CC)C(=O)N[C@H]1C=C2c3cccc4c3c(c(C)n4[Si](C)(C)C(C)(C)C)C[C@H]2N(C)C1. The number of nitrogens with zero attached hydrogens (tertiary/aromatic N) is 3. The molecule has 2 heterocycles. The van der Waals surface area contributed by atoms with Crippen LogP contribution < -0.4 is 5.32 Å². The standard InChI is InChI=1S/C27H42N4OSi/c1-10-30(11-2)26(32)28-19-15-22-20-13-12-14-23-25(20)21(16-24(22)29(7)17-19)18(3)31(23)33(8,9)27(4,5)6/h12-15,19,24H,10-11,16-17H2,1-9H3,(H,28,32)/t19-,24+/m0/s1. The zero-order chi connectivity index (χ0) is 24.3. The van der Waals surface area contributed by atoms with E-state index >= 15 is 0 Å². The summed E-state index contributed by atoms with van der Waals surface area (Å²) in [5.74, 6) is 0. The fourth-order valence-electron chi connectivity index (χ4n) is 5.72. The fourth-order valence-corrected chi connectivity index (χ4v) is 8.15. The van der Waals surface area contributed by atoms with E-state index in [0.717, 1.165) is 26.1 Å². The number of benzene rings is 1. The van der Waals surface area contributed by atoms with E-state index in [1.54, 1.807) is 0 Å². The van der Waals surface area contributed by atoms with Crippen LogP contribution in [-0.4, -0.2) is 67.1 Å². The van der Waals surface area contributed by atoms with Gasteiger partial charge in [0.1, 0.15) is 0 Å². The predicted octanol–water partition coefficient (Wildman–Crippen LogP) is 5.48. The molecule has 0 spiro atoms. The highest BCUT2D eigenvalue weighted by molar-refractivity contribution is 6.79. The number of urea groups is 1. The van der Waals surface area contributed by atoms with Crippen LogP contribution in [-0.2, 0) is 6.42 Å². The van der Waals surface area contributed by atoms with E-state index in [0.29, 0.717) is 6.04 Å². The minimum absolute atomic E-state index is 0.0229. The molecule has 1 aromatic heterocycles. The van der Waals surface area contributed by atoms with Gasteiger partial charge in [0, 0.05) is 42.3 Å². The number of fused-ring (bicyclic) bond motifs is 2. The third kappa shape index (κ3) is 3.75. The molecule has 6 heteroatoms. The van der Waals surface area contributed by atoms with E-state index in [-0.39, 0.29) is 17.1 Å². The number of hydrogen-bond donors (Lipinski definition) is 1. The lowest BCUT2D eigenvalue weighted by atomic mass is 9.80. The number of nitrogens with one attached hydrogen (secondary N) is 1. The molecule has 2 atom stereocenters. The number of aromatic nitrogens is 1. The average molecular weight is 467 g/mol. The zero-order valence-corrected chi connectivity index (χ0v) is 23.0. The molecule has 180 valence electrons. The summed E-state index contributed by atoms with van der Waals surface area (Å²) in [4.78, 5) is 17.0. The summed E-state index contributed by atoms with van der Waals surface area (Å²) in [6.45, 7) is 20.9. The van der Waals surface area contributed by atoms with E-state index in [2.05, 4.69) is 86.6 Å². The summed E-state index contributed by atoms with van der Waals surface area (Å²) in [5, 5.41) is 4.97. The van der Waals surface area contributed by atoms with E-state index in [4.69, 9.17) is 0 Å². The van der Waals surface area contributed by atoms with Crippen molar-refractivity contribution < 1.29 is 4.79 Å². The first-order valence-electron chi connectivity index (χ1n) is 12.5. The van der Waals surface area contributed by atoms with Crippen LogP contribution in [0.3, 0.4) is 0 Å². The van der Waals surface area contributed by atoms with E-state index in [9.17, 15) is 4.79 Å². The van der Waals surface area contributed by atoms with Crippen molar-refractivity contribution in [3.63, 3.8) is 0 Å². The van der Waals surface area contributed by atoms with Crippen LogP contribution in [0.5, 0.6) is 0 Å². The van der Waals surface area contributed by atoms with Crippen molar-refractivity contribution in [2.24, 2.45) is 0 Å². The number of carbonyl (C=O) groups is 1. The van der Waals surface area contributed by atoms with Crippen LogP contribution in [0.25, 0.3) is 16.5 Å². The van der Waals surface area contributed by atoms with E-state index in [1.165, 1.54) is 33.3 Å². The summed E-state index contributed by atoms with van der Waals surface area (Å²) < 4.78 is 2.72. The smallest absolute Gasteiger partial charge is 0.317 e. The highest BCUT2D eigenvalue weighted by Gasteiger charge is 2.42.